The van der Waals surface area contributed by atoms with Gasteiger partial charge in [0.1, 0.15) is 0 Å². The molecule has 0 fully saturated rings. The maximum atomic E-state index is 12.0. The maximum Gasteiger partial charge on any atom is 0.305 e. The largest absolute Gasteiger partial charge is 0.469 e. The molecule has 0 spiro atoms. The number of sulfonamides is 1. The summed E-state index contributed by atoms with van der Waals surface area (Å²) in [7, 11) is -0.875. The Labute approximate surface area is 142 Å². The Morgan fingerprint density at radius 2 is 1.83 bits per heavy atom. The van der Waals surface area contributed by atoms with Gasteiger partial charge in [-0.3, -0.25) is 9.59 Å². The van der Waals surface area contributed by atoms with E-state index in [0.29, 0.717) is 18.5 Å². The van der Waals surface area contributed by atoms with Crippen molar-refractivity contribution in [1.29, 1.82) is 0 Å². The molecule has 8 heteroatoms. The van der Waals surface area contributed by atoms with Crippen molar-refractivity contribution < 1.29 is 22.7 Å². The second kappa shape index (κ2) is 10.0. The molecule has 0 bridgehead atoms. The third kappa shape index (κ3) is 6.67. The third-order valence-electron chi connectivity index (χ3n) is 3.50. The molecular formula is C16H24N2O5S. The summed E-state index contributed by atoms with van der Waals surface area (Å²) >= 11 is 0. The molecule has 0 aromatic heterocycles. The van der Waals surface area contributed by atoms with Crippen molar-refractivity contribution in [3.63, 3.8) is 0 Å². The summed E-state index contributed by atoms with van der Waals surface area (Å²) in [6.07, 6.45) is 3.76. The first-order valence-electron chi connectivity index (χ1n) is 7.79. The van der Waals surface area contributed by atoms with Crippen LogP contribution in [0.2, 0.25) is 0 Å². The van der Waals surface area contributed by atoms with Gasteiger partial charge in [0.2, 0.25) is 10.0 Å². The summed E-state index contributed by atoms with van der Waals surface area (Å²) < 4.78 is 30.2. The molecule has 0 atom stereocenters. The van der Waals surface area contributed by atoms with E-state index < -0.39 is 10.0 Å². The molecule has 1 aromatic carbocycles. The van der Waals surface area contributed by atoms with Crippen LogP contribution in [0.5, 0.6) is 0 Å². The summed E-state index contributed by atoms with van der Waals surface area (Å²) in [5, 5.41) is 2.76. The van der Waals surface area contributed by atoms with Crippen molar-refractivity contribution in [3.05, 3.63) is 29.8 Å². The van der Waals surface area contributed by atoms with E-state index in [-0.39, 0.29) is 16.8 Å². The molecular weight excluding hydrogens is 332 g/mol. The molecule has 134 valence electrons. The number of rotatable bonds is 10. The van der Waals surface area contributed by atoms with Crippen LogP contribution in [0.4, 0.5) is 0 Å². The maximum absolute atomic E-state index is 12.0. The van der Waals surface area contributed by atoms with Gasteiger partial charge in [0, 0.05) is 18.5 Å². The topological polar surface area (TPSA) is 102 Å². The second-order valence-corrected chi connectivity index (χ2v) is 7.12. The predicted molar refractivity (Wildman–Crippen MR) is 90.1 cm³/mol. The van der Waals surface area contributed by atoms with Crippen LogP contribution >= 0.6 is 0 Å². The van der Waals surface area contributed by atoms with E-state index in [1.54, 1.807) is 6.07 Å². The molecule has 0 radical (unpaired) electrons. The average molecular weight is 356 g/mol. The molecule has 0 aliphatic rings. The van der Waals surface area contributed by atoms with Crippen LogP contribution < -0.4 is 10.0 Å². The minimum absolute atomic E-state index is 0.0560. The van der Waals surface area contributed by atoms with E-state index in [4.69, 9.17) is 0 Å². The number of nitrogens with one attached hydrogen (secondary N) is 2. The molecule has 1 rings (SSSR count). The summed E-state index contributed by atoms with van der Waals surface area (Å²) in [6.45, 7) is 0.500. The van der Waals surface area contributed by atoms with Gasteiger partial charge in [-0.25, -0.2) is 13.1 Å². The second-order valence-electron chi connectivity index (χ2n) is 5.23. The number of amides is 1. The molecule has 0 saturated heterocycles. The van der Waals surface area contributed by atoms with Crippen LogP contribution in [0.15, 0.2) is 29.2 Å². The zero-order valence-electron chi connectivity index (χ0n) is 14.0. The first kappa shape index (κ1) is 20.1. The van der Waals surface area contributed by atoms with Gasteiger partial charge in [0.25, 0.3) is 5.91 Å². The quantitative estimate of drug-likeness (QED) is 0.488. The van der Waals surface area contributed by atoms with Gasteiger partial charge in [-0.1, -0.05) is 18.9 Å². The zero-order chi connectivity index (χ0) is 18.0. The Morgan fingerprint density at radius 3 is 2.50 bits per heavy atom. The Kier molecular flexibility index (Phi) is 8.42. The molecule has 1 amide bonds. The van der Waals surface area contributed by atoms with Gasteiger partial charge >= 0.3 is 5.97 Å². The number of hydrogen-bond donors (Lipinski definition) is 2. The molecule has 0 unspecified atom stereocenters. The van der Waals surface area contributed by atoms with Crippen LogP contribution in [0.1, 0.15) is 42.5 Å². The van der Waals surface area contributed by atoms with Crippen LogP contribution in [0.3, 0.4) is 0 Å². The highest BCUT2D eigenvalue weighted by Crippen LogP contribution is 2.11. The standard InChI is InChI=1S/C16H24N2O5S/c1-17-24(21,22)14-9-7-8-13(12-14)16(20)18-11-6-4-3-5-10-15(19)23-2/h7-9,12,17H,3-6,10-11H2,1-2H3,(H,18,20). The van der Waals surface area contributed by atoms with Crippen LogP contribution in [-0.4, -0.2) is 41.0 Å². The smallest absolute Gasteiger partial charge is 0.305 e. The fourth-order valence-corrected chi connectivity index (χ4v) is 2.85. The fourth-order valence-electron chi connectivity index (χ4n) is 2.08. The summed E-state index contributed by atoms with van der Waals surface area (Å²) in [5.41, 5.74) is 0.303. The van der Waals surface area contributed by atoms with Crippen molar-refractivity contribution in [3.8, 4) is 0 Å². The van der Waals surface area contributed by atoms with Crippen LogP contribution in [-0.2, 0) is 19.6 Å². The van der Waals surface area contributed by atoms with Crippen molar-refractivity contribution in [2.24, 2.45) is 0 Å². The molecule has 0 saturated carbocycles. The molecule has 0 heterocycles. The Bertz CT molecular complexity index is 658. The first-order chi connectivity index (χ1) is 11.4. The molecule has 2 N–H and O–H groups in total. The Balaban J connectivity index is 2.36. The number of carbonyl (C=O) groups excluding carboxylic acids is 2. The van der Waals surface area contributed by atoms with E-state index in [1.165, 1.54) is 32.4 Å². The van der Waals surface area contributed by atoms with E-state index in [2.05, 4.69) is 14.8 Å². The summed E-state index contributed by atoms with van der Waals surface area (Å²) in [6, 6.07) is 5.88. The normalized spacial score (nSPS) is 11.1. The number of esters is 1. The van der Waals surface area contributed by atoms with Gasteiger partial charge in [-0.15, -0.1) is 0 Å². The van der Waals surface area contributed by atoms with Gasteiger partial charge in [0.05, 0.1) is 12.0 Å². The van der Waals surface area contributed by atoms with Crippen LogP contribution in [0.25, 0.3) is 0 Å². The number of ether oxygens (including phenoxy) is 1. The number of methoxy groups -OCH3 is 1. The highest BCUT2D eigenvalue weighted by atomic mass is 32.2. The minimum Gasteiger partial charge on any atom is -0.469 e. The van der Waals surface area contributed by atoms with Crippen LogP contribution in [0, 0.1) is 0 Å². The zero-order valence-corrected chi connectivity index (χ0v) is 14.8. The molecule has 0 aliphatic carbocycles. The molecule has 7 nitrogen and oxygen atoms in total. The van der Waals surface area contributed by atoms with Gasteiger partial charge in [-0.05, 0) is 38.1 Å². The van der Waals surface area contributed by atoms with Crippen molar-refractivity contribution in [1.82, 2.24) is 10.0 Å². The lowest BCUT2D eigenvalue weighted by Gasteiger charge is -2.07. The predicted octanol–water partition coefficient (Wildman–Crippen LogP) is 1.45. The van der Waals surface area contributed by atoms with E-state index in [0.717, 1.165) is 25.7 Å². The lowest BCUT2D eigenvalue weighted by Crippen LogP contribution is -2.25. The number of hydrogen-bond acceptors (Lipinski definition) is 5. The molecule has 24 heavy (non-hydrogen) atoms. The number of carbonyl (C=O) groups is 2. The first-order valence-corrected chi connectivity index (χ1v) is 9.27. The van der Waals surface area contributed by atoms with E-state index in [1.807, 2.05) is 0 Å². The lowest BCUT2D eigenvalue weighted by atomic mass is 10.1. The third-order valence-corrected chi connectivity index (χ3v) is 4.91. The highest BCUT2D eigenvalue weighted by Gasteiger charge is 2.13. The molecule has 1 aromatic rings. The SMILES string of the molecule is CNS(=O)(=O)c1cccc(C(=O)NCCCCCCC(=O)OC)c1. The van der Waals surface area contributed by atoms with Crippen molar-refractivity contribution in [2.45, 2.75) is 37.0 Å². The van der Waals surface area contributed by atoms with Gasteiger partial charge in [-0.2, -0.15) is 0 Å². The summed E-state index contributed by atoms with van der Waals surface area (Å²) in [4.78, 5) is 23.0. The van der Waals surface area contributed by atoms with Gasteiger partial charge in [0.15, 0.2) is 0 Å². The monoisotopic (exact) mass is 356 g/mol. The minimum atomic E-state index is -3.57. The average Bonchev–Trinajstić information content (AvgIpc) is 2.60. The Morgan fingerprint density at radius 1 is 1.12 bits per heavy atom. The summed E-state index contributed by atoms with van der Waals surface area (Å²) in [5.74, 6) is -0.516. The van der Waals surface area contributed by atoms with Gasteiger partial charge < -0.3 is 10.1 Å². The van der Waals surface area contributed by atoms with Crippen molar-refractivity contribution in [2.75, 3.05) is 20.7 Å². The molecule has 0 aliphatic heterocycles. The highest BCUT2D eigenvalue weighted by molar-refractivity contribution is 7.89. The van der Waals surface area contributed by atoms with E-state index in [9.17, 15) is 18.0 Å². The number of unbranched alkanes of at least 4 members (excludes halogenated alkanes) is 3. The van der Waals surface area contributed by atoms with Crippen molar-refractivity contribution >= 4 is 21.9 Å². The lowest BCUT2D eigenvalue weighted by molar-refractivity contribution is -0.140. The number of benzene rings is 1. The Hall–Kier alpha value is -1.93. The van der Waals surface area contributed by atoms with E-state index >= 15 is 0 Å². The fraction of sp³-hybridized carbons (Fsp3) is 0.500.